The molecular formula is C15H20N2O2. The maximum absolute atomic E-state index is 12.0. The quantitative estimate of drug-likeness (QED) is 0.898. The molecule has 4 heteroatoms. The number of rotatable bonds is 5. The summed E-state index contributed by atoms with van der Waals surface area (Å²) in [7, 11) is 1.76. The summed E-state index contributed by atoms with van der Waals surface area (Å²) in [6.07, 6.45) is 1.62. The fraction of sp³-hybridized carbons (Fsp3) is 0.400. The molecular weight excluding hydrogens is 240 g/mol. The zero-order valence-electron chi connectivity index (χ0n) is 11.4. The molecule has 0 aliphatic rings. The number of carbonyl (C=O) groups excluding carboxylic acids is 1. The number of para-hydroxylation sites is 1. The average molecular weight is 260 g/mol. The van der Waals surface area contributed by atoms with Crippen LogP contribution >= 0.6 is 0 Å². The Labute approximate surface area is 113 Å². The number of hydrogen-bond acceptors (Lipinski definition) is 3. The Balaban J connectivity index is 2.05. The van der Waals surface area contributed by atoms with Crippen molar-refractivity contribution < 1.29 is 9.21 Å². The molecule has 0 aliphatic heterocycles. The minimum atomic E-state index is -0.417. The molecule has 0 saturated heterocycles. The lowest BCUT2D eigenvalue weighted by molar-refractivity contribution is -0.132. The molecule has 1 heterocycles. The van der Waals surface area contributed by atoms with Crippen molar-refractivity contribution >= 4 is 16.9 Å². The Bertz CT molecular complexity index is 529. The number of fused-ring (bicyclic) bond motifs is 1. The second-order valence-corrected chi connectivity index (χ2v) is 4.84. The summed E-state index contributed by atoms with van der Waals surface area (Å²) >= 11 is 0. The lowest BCUT2D eigenvalue weighted by Crippen LogP contribution is -2.41. The van der Waals surface area contributed by atoms with Gasteiger partial charge in [0.2, 0.25) is 5.91 Å². The van der Waals surface area contributed by atoms with Gasteiger partial charge in [0, 0.05) is 12.4 Å². The van der Waals surface area contributed by atoms with Crippen LogP contribution in [-0.2, 0) is 11.3 Å². The summed E-state index contributed by atoms with van der Waals surface area (Å²) < 4.78 is 5.69. The molecule has 1 aromatic carbocycles. The number of nitrogens with zero attached hydrogens (tertiary/aromatic N) is 1. The molecule has 1 atom stereocenters. The summed E-state index contributed by atoms with van der Waals surface area (Å²) in [5.41, 5.74) is 6.68. The first-order chi connectivity index (χ1) is 9.11. The van der Waals surface area contributed by atoms with Gasteiger partial charge in [-0.1, -0.05) is 31.5 Å². The zero-order valence-corrected chi connectivity index (χ0v) is 11.4. The molecule has 0 radical (unpaired) electrons. The second-order valence-electron chi connectivity index (χ2n) is 4.84. The van der Waals surface area contributed by atoms with Crippen molar-refractivity contribution in [1.82, 2.24) is 4.90 Å². The molecule has 19 heavy (non-hydrogen) atoms. The zero-order chi connectivity index (χ0) is 13.8. The Hall–Kier alpha value is -1.81. The van der Waals surface area contributed by atoms with Crippen molar-refractivity contribution in [3.63, 3.8) is 0 Å². The molecule has 0 aliphatic carbocycles. The van der Waals surface area contributed by atoms with Crippen LogP contribution in [0.25, 0.3) is 11.0 Å². The largest absolute Gasteiger partial charge is 0.459 e. The van der Waals surface area contributed by atoms with Crippen molar-refractivity contribution in [2.45, 2.75) is 32.4 Å². The number of furan rings is 1. The summed E-state index contributed by atoms with van der Waals surface area (Å²) in [5, 5.41) is 1.05. The third-order valence-electron chi connectivity index (χ3n) is 3.16. The van der Waals surface area contributed by atoms with E-state index in [9.17, 15) is 4.79 Å². The summed E-state index contributed by atoms with van der Waals surface area (Å²) in [6, 6.07) is 9.36. The van der Waals surface area contributed by atoms with Crippen molar-refractivity contribution in [3.8, 4) is 0 Å². The molecule has 2 aromatic rings. The van der Waals surface area contributed by atoms with E-state index in [0.717, 1.165) is 23.2 Å². The fourth-order valence-electron chi connectivity index (χ4n) is 2.14. The predicted octanol–water partition coefficient (Wildman–Crippen LogP) is 2.52. The number of amides is 1. The summed E-state index contributed by atoms with van der Waals surface area (Å²) in [6.45, 7) is 2.47. The van der Waals surface area contributed by atoms with Gasteiger partial charge in [-0.05, 0) is 18.6 Å². The molecule has 1 aromatic heterocycles. The highest BCUT2D eigenvalue weighted by atomic mass is 16.3. The van der Waals surface area contributed by atoms with E-state index in [1.165, 1.54) is 0 Å². The van der Waals surface area contributed by atoms with Gasteiger partial charge in [0.05, 0.1) is 12.6 Å². The van der Waals surface area contributed by atoms with Crippen molar-refractivity contribution in [3.05, 3.63) is 36.1 Å². The van der Waals surface area contributed by atoms with Gasteiger partial charge in [-0.3, -0.25) is 4.79 Å². The van der Waals surface area contributed by atoms with Crippen LogP contribution in [-0.4, -0.2) is 23.9 Å². The van der Waals surface area contributed by atoms with Gasteiger partial charge < -0.3 is 15.1 Å². The minimum Gasteiger partial charge on any atom is -0.459 e. The van der Waals surface area contributed by atoms with Crippen LogP contribution in [0.1, 0.15) is 25.5 Å². The molecule has 4 nitrogen and oxygen atoms in total. The number of hydrogen-bond donors (Lipinski definition) is 1. The molecule has 1 unspecified atom stereocenters. The maximum Gasteiger partial charge on any atom is 0.239 e. The molecule has 102 valence electrons. The van der Waals surface area contributed by atoms with E-state index in [1.807, 2.05) is 37.3 Å². The monoisotopic (exact) mass is 260 g/mol. The Morgan fingerprint density at radius 1 is 1.42 bits per heavy atom. The van der Waals surface area contributed by atoms with E-state index >= 15 is 0 Å². The third-order valence-corrected chi connectivity index (χ3v) is 3.16. The van der Waals surface area contributed by atoms with Crippen LogP contribution in [0.5, 0.6) is 0 Å². The first kappa shape index (κ1) is 13.6. The maximum atomic E-state index is 12.0. The normalized spacial score (nSPS) is 12.6. The van der Waals surface area contributed by atoms with Crippen molar-refractivity contribution in [2.75, 3.05) is 7.05 Å². The molecule has 2 rings (SSSR count). The number of carbonyl (C=O) groups is 1. The molecule has 1 amide bonds. The van der Waals surface area contributed by atoms with Crippen LogP contribution < -0.4 is 5.73 Å². The molecule has 0 saturated carbocycles. The lowest BCUT2D eigenvalue weighted by Gasteiger charge is -2.19. The Morgan fingerprint density at radius 3 is 2.84 bits per heavy atom. The van der Waals surface area contributed by atoms with Gasteiger partial charge in [-0.15, -0.1) is 0 Å². The molecule has 0 fully saturated rings. The fourth-order valence-corrected chi connectivity index (χ4v) is 2.14. The first-order valence-electron chi connectivity index (χ1n) is 6.60. The van der Waals surface area contributed by atoms with Gasteiger partial charge in [0.1, 0.15) is 11.3 Å². The van der Waals surface area contributed by atoms with Gasteiger partial charge in [-0.25, -0.2) is 0 Å². The number of benzene rings is 1. The summed E-state index contributed by atoms with van der Waals surface area (Å²) in [5.74, 6) is 0.739. The number of likely N-dealkylation sites (N-methyl/N-ethyl adjacent to an activating group) is 1. The number of nitrogens with two attached hydrogens (primary N) is 1. The Morgan fingerprint density at radius 2 is 2.16 bits per heavy atom. The van der Waals surface area contributed by atoms with Crippen molar-refractivity contribution in [1.29, 1.82) is 0 Å². The van der Waals surface area contributed by atoms with Crippen LogP contribution in [0.3, 0.4) is 0 Å². The predicted molar refractivity (Wildman–Crippen MR) is 75.6 cm³/mol. The first-order valence-corrected chi connectivity index (χ1v) is 6.60. The highest BCUT2D eigenvalue weighted by Crippen LogP contribution is 2.19. The van der Waals surface area contributed by atoms with E-state index in [4.69, 9.17) is 10.2 Å². The SMILES string of the molecule is CCCC(N)C(=O)N(C)Cc1cc2ccccc2o1. The van der Waals surface area contributed by atoms with E-state index in [0.29, 0.717) is 13.0 Å². The topological polar surface area (TPSA) is 59.5 Å². The highest BCUT2D eigenvalue weighted by Gasteiger charge is 2.18. The van der Waals surface area contributed by atoms with E-state index in [2.05, 4.69) is 0 Å². The van der Waals surface area contributed by atoms with Gasteiger partial charge in [0.25, 0.3) is 0 Å². The van der Waals surface area contributed by atoms with Crippen LogP contribution in [0, 0.1) is 0 Å². The van der Waals surface area contributed by atoms with Gasteiger partial charge >= 0.3 is 0 Å². The molecule has 0 bridgehead atoms. The molecule has 2 N–H and O–H groups in total. The van der Waals surface area contributed by atoms with E-state index in [-0.39, 0.29) is 5.91 Å². The molecule has 0 spiro atoms. The average Bonchev–Trinajstić information content (AvgIpc) is 2.80. The van der Waals surface area contributed by atoms with Crippen molar-refractivity contribution in [2.24, 2.45) is 5.73 Å². The van der Waals surface area contributed by atoms with E-state index < -0.39 is 6.04 Å². The summed E-state index contributed by atoms with van der Waals surface area (Å²) in [4.78, 5) is 13.6. The smallest absolute Gasteiger partial charge is 0.239 e. The Kier molecular flexibility index (Phi) is 4.22. The third kappa shape index (κ3) is 3.15. The lowest BCUT2D eigenvalue weighted by atomic mass is 10.1. The van der Waals surface area contributed by atoms with E-state index in [1.54, 1.807) is 11.9 Å². The van der Waals surface area contributed by atoms with Gasteiger partial charge in [-0.2, -0.15) is 0 Å². The van der Waals surface area contributed by atoms with Crippen LogP contribution in [0.2, 0.25) is 0 Å². The van der Waals surface area contributed by atoms with Crippen LogP contribution in [0.4, 0.5) is 0 Å². The highest BCUT2D eigenvalue weighted by molar-refractivity contribution is 5.81. The second kappa shape index (κ2) is 5.89. The van der Waals surface area contributed by atoms with Gasteiger partial charge in [0.15, 0.2) is 0 Å². The van der Waals surface area contributed by atoms with Crippen LogP contribution in [0.15, 0.2) is 34.7 Å². The minimum absolute atomic E-state index is 0.0395. The standard InChI is InChI=1S/C15H20N2O2/c1-3-6-13(16)15(18)17(2)10-12-9-11-7-4-5-8-14(11)19-12/h4-5,7-9,13H,3,6,10,16H2,1-2H3.